The number of methoxy groups -OCH3 is 2. The monoisotopic (exact) mass is 402 g/mol. The topological polar surface area (TPSA) is 67.9 Å². The molecule has 3 rings (SSSR count). The Labute approximate surface area is 153 Å². The van der Waals surface area contributed by atoms with E-state index in [0.717, 1.165) is 4.90 Å². The zero-order chi connectivity index (χ0) is 18.0. The van der Waals surface area contributed by atoms with Crippen LogP contribution in [-0.2, 0) is 4.79 Å². The summed E-state index contributed by atoms with van der Waals surface area (Å²) in [6.45, 7) is 0. The summed E-state index contributed by atoms with van der Waals surface area (Å²) < 4.78 is 11.2. The molecule has 0 aliphatic carbocycles. The van der Waals surface area contributed by atoms with E-state index in [-0.39, 0.29) is 5.70 Å². The molecule has 0 unspecified atom stereocenters. The predicted molar refractivity (Wildman–Crippen MR) is 97.7 cm³/mol. The van der Waals surface area contributed by atoms with Crippen LogP contribution in [-0.4, -0.2) is 26.2 Å². The van der Waals surface area contributed by atoms with Gasteiger partial charge in [0.1, 0.15) is 5.70 Å². The molecule has 25 heavy (non-hydrogen) atoms. The molecule has 0 spiro atoms. The summed E-state index contributed by atoms with van der Waals surface area (Å²) in [5.74, 6) is 0.663. The van der Waals surface area contributed by atoms with Crippen LogP contribution in [0.5, 0.6) is 11.5 Å². The van der Waals surface area contributed by atoms with Crippen molar-refractivity contribution in [2.45, 2.75) is 0 Å². The molecule has 1 saturated heterocycles. The summed E-state index contributed by atoms with van der Waals surface area (Å²) in [5, 5.41) is 2.60. The van der Waals surface area contributed by atoms with Gasteiger partial charge in [-0.05, 0) is 35.9 Å². The predicted octanol–water partition coefficient (Wildman–Crippen LogP) is 3.56. The molecule has 1 aliphatic rings. The molecule has 1 N–H and O–H groups in total. The smallest absolute Gasteiger partial charge is 0.333 e. The van der Waals surface area contributed by atoms with Crippen LogP contribution in [0.1, 0.15) is 5.56 Å². The number of amides is 3. The number of carbonyl (C=O) groups excluding carboxylic acids is 2. The molecule has 1 heterocycles. The van der Waals surface area contributed by atoms with E-state index in [1.807, 2.05) is 6.07 Å². The molecule has 0 aromatic heterocycles. The molecular formula is C18H15BrN2O4. The lowest BCUT2D eigenvalue weighted by molar-refractivity contribution is -0.113. The van der Waals surface area contributed by atoms with Crippen molar-refractivity contribution in [3.8, 4) is 11.5 Å². The molecule has 1 aliphatic heterocycles. The Kier molecular flexibility index (Phi) is 4.76. The number of para-hydroxylation sites is 1. The number of halogens is 1. The van der Waals surface area contributed by atoms with Crippen LogP contribution in [0.3, 0.4) is 0 Å². The number of anilines is 1. The average molecular weight is 403 g/mol. The lowest BCUT2D eigenvalue weighted by Crippen LogP contribution is -2.30. The SMILES string of the molecule is COc1cc(Br)c(/C=C2/NC(=O)N(c3ccccc3)C2=O)cc1OC. The fraction of sp³-hybridized carbons (Fsp3) is 0.111. The molecule has 7 heteroatoms. The van der Waals surface area contributed by atoms with E-state index in [4.69, 9.17) is 9.47 Å². The van der Waals surface area contributed by atoms with Crippen LogP contribution in [0.2, 0.25) is 0 Å². The number of hydrogen-bond donors (Lipinski definition) is 1. The number of carbonyl (C=O) groups is 2. The van der Waals surface area contributed by atoms with Gasteiger partial charge < -0.3 is 14.8 Å². The number of nitrogens with one attached hydrogen (secondary N) is 1. The van der Waals surface area contributed by atoms with E-state index < -0.39 is 11.9 Å². The van der Waals surface area contributed by atoms with E-state index >= 15 is 0 Å². The van der Waals surface area contributed by atoms with Crippen molar-refractivity contribution >= 4 is 39.6 Å². The molecule has 2 aromatic carbocycles. The second-order valence-electron chi connectivity index (χ2n) is 5.19. The molecule has 3 amide bonds. The summed E-state index contributed by atoms with van der Waals surface area (Å²) in [4.78, 5) is 25.9. The van der Waals surface area contributed by atoms with Gasteiger partial charge in [0.15, 0.2) is 11.5 Å². The maximum Gasteiger partial charge on any atom is 0.333 e. The van der Waals surface area contributed by atoms with Gasteiger partial charge >= 0.3 is 6.03 Å². The minimum Gasteiger partial charge on any atom is -0.493 e. The summed E-state index contributed by atoms with van der Waals surface area (Å²) >= 11 is 3.44. The van der Waals surface area contributed by atoms with Crippen molar-refractivity contribution in [3.63, 3.8) is 0 Å². The van der Waals surface area contributed by atoms with Gasteiger partial charge in [0, 0.05) is 4.47 Å². The number of nitrogens with zero attached hydrogens (tertiary/aromatic N) is 1. The summed E-state index contributed by atoms with van der Waals surface area (Å²) in [6, 6.07) is 11.7. The van der Waals surface area contributed by atoms with E-state index in [1.165, 1.54) is 7.11 Å². The largest absolute Gasteiger partial charge is 0.493 e. The minimum atomic E-state index is -0.487. The molecule has 0 saturated carbocycles. The zero-order valence-corrected chi connectivity index (χ0v) is 15.2. The Morgan fingerprint density at radius 1 is 1.04 bits per heavy atom. The molecule has 2 aromatic rings. The number of rotatable bonds is 4. The Morgan fingerprint density at radius 3 is 2.32 bits per heavy atom. The van der Waals surface area contributed by atoms with E-state index in [0.29, 0.717) is 27.2 Å². The van der Waals surface area contributed by atoms with Crippen LogP contribution in [0.15, 0.2) is 52.6 Å². The lowest BCUT2D eigenvalue weighted by Gasteiger charge is -2.11. The van der Waals surface area contributed by atoms with Crippen molar-refractivity contribution in [3.05, 3.63) is 58.2 Å². The van der Waals surface area contributed by atoms with Gasteiger partial charge in [-0.3, -0.25) is 4.79 Å². The first-order valence-electron chi connectivity index (χ1n) is 7.39. The molecule has 1 fully saturated rings. The van der Waals surface area contributed by atoms with E-state index in [9.17, 15) is 9.59 Å². The number of hydrogen-bond acceptors (Lipinski definition) is 4. The molecule has 0 atom stereocenters. The highest BCUT2D eigenvalue weighted by Gasteiger charge is 2.34. The van der Waals surface area contributed by atoms with Gasteiger partial charge in [0.25, 0.3) is 5.91 Å². The zero-order valence-electron chi connectivity index (χ0n) is 13.6. The summed E-state index contributed by atoms with van der Waals surface area (Å²) in [7, 11) is 3.07. The highest BCUT2D eigenvalue weighted by molar-refractivity contribution is 9.10. The fourth-order valence-corrected chi connectivity index (χ4v) is 2.92. The highest BCUT2D eigenvalue weighted by Crippen LogP contribution is 2.34. The number of urea groups is 1. The van der Waals surface area contributed by atoms with Crippen molar-refractivity contribution in [2.75, 3.05) is 19.1 Å². The van der Waals surface area contributed by atoms with Gasteiger partial charge in [0.2, 0.25) is 0 Å². The lowest BCUT2D eigenvalue weighted by atomic mass is 10.1. The molecule has 0 radical (unpaired) electrons. The first kappa shape index (κ1) is 17.0. The Balaban J connectivity index is 1.98. The standard InChI is InChI=1S/C18H15BrN2O4/c1-24-15-9-11(13(19)10-16(15)25-2)8-14-17(22)21(18(23)20-14)12-6-4-3-5-7-12/h3-10H,1-2H3,(H,20,23)/b14-8+. The van der Waals surface area contributed by atoms with E-state index in [2.05, 4.69) is 21.2 Å². The van der Waals surface area contributed by atoms with Crippen LogP contribution in [0.4, 0.5) is 10.5 Å². The Bertz CT molecular complexity index is 865. The van der Waals surface area contributed by atoms with Gasteiger partial charge in [-0.15, -0.1) is 0 Å². The number of benzene rings is 2. The molecule has 0 bridgehead atoms. The minimum absolute atomic E-state index is 0.182. The quantitative estimate of drug-likeness (QED) is 0.626. The summed E-state index contributed by atoms with van der Waals surface area (Å²) in [5.41, 5.74) is 1.37. The average Bonchev–Trinajstić information content (AvgIpc) is 2.90. The fourth-order valence-electron chi connectivity index (χ4n) is 2.48. The van der Waals surface area contributed by atoms with Gasteiger partial charge in [-0.1, -0.05) is 34.1 Å². The summed E-state index contributed by atoms with van der Waals surface area (Å²) in [6.07, 6.45) is 1.59. The third-order valence-electron chi connectivity index (χ3n) is 3.70. The first-order chi connectivity index (χ1) is 12.0. The third-order valence-corrected chi connectivity index (χ3v) is 4.38. The molecule has 128 valence electrons. The molecular weight excluding hydrogens is 388 g/mol. The van der Waals surface area contributed by atoms with Gasteiger partial charge in [0.05, 0.1) is 19.9 Å². The van der Waals surface area contributed by atoms with Gasteiger partial charge in [-0.25, -0.2) is 9.69 Å². The van der Waals surface area contributed by atoms with Gasteiger partial charge in [-0.2, -0.15) is 0 Å². The second-order valence-corrected chi connectivity index (χ2v) is 6.05. The normalized spacial score (nSPS) is 15.5. The van der Waals surface area contributed by atoms with Crippen LogP contribution in [0.25, 0.3) is 6.08 Å². The van der Waals surface area contributed by atoms with Crippen molar-refractivity contribution in [1.29, 1.82) is 0 Å². The van der Waals surface area contributed by atoms with Crippen molar-refractivity contribution < 1.29 is 19.1 Å². The highest BCUT2D eigenvalue weighted by atomic mass is 79.9. The second kappa shape index (κ2) is 6.98. The van der Waals surface area contributed by atoms with Crippen molar-refractivity contribution in [2.24, 2.45) is 0 Å². The Hall–Kier alpha value is -2.80. The first-order valence-corrected chi connectivity index (χ1v) is 8.18. The third kappa shape index (κ3) is 3.23. The maximum absolute atomic E-state index is 12.6. The number of ether oxygens (including phenoxy) is 2. The number of imide groups is 1. The van der Waals surface area contributed by atoms with Crippen molar-refractivity contribution in [1.82, 2.24) is 5.32 Å². The van der Waals surface area contributed by atoms with Crippen LogP contribution >= 0.6 is 15.9 Å². The molecule has 6 nitrogen and oxygen atoms in total. The van der Waals surface area contributed by atoms with Crippen LogP contribution < -0.4 is 19.7 Å². The van der Waals surface area contributed by atoms with Crippen LogP contribution in [0, 0.1) is 0 Å². The van der Waals surface area contributed by atoms with E-state index in [1.54, 1.807) is 49.6 Å². The maximum atomic E-state index is 12.6. The Morgan fingerprint density at radius 2 is 1.68 bits per heavy atom.